The molecule has 2 aliphatic heterocycles. The SMILES string of the molecule is CCC1[C@@H]2CN(C(=O)[C@H](C(C)(C)C)NC(=O)O[C@]3(C)C[C@H]3CCCCCC(F)(F)c3c(nc4cc(OC)ccc4c3F)O2)[C@@H]1C(C)=O. The number of hydrogen-bond acceptors (Lipinski definition) is 7. The first-order chi connectivity index (χ1) is 22.0. The van der Waals surface area contributed by atoms with E-state index in [-0.39, 0.29) is 35.6 Å². The van der Waals surface area contributed by atoms with E-state index in [4.69, 9.17) is 14.2 Å². The van der Waals surface area contributed by atoms with Crippen LogP contribution in [-0.4, -0.2) is 65.1 Å². The van der Waals surface area contributed by atoms with Crippen LogP contribution in [0.2, 0.25) is 0 Å². The minimum Gasteiger partial charge on any atom is -0.497 e. The van der Waals surface area contributed by atoms with Crippen LogP contribution in [0.15, 0.2) is 18.2 Å². The molecule has 3 heterocycles. The molecule has 258 valence electrons. The number of halogens is 3. The Balaban J connectivity index is 1.61. The van der Waals surface area contributed by atoms with Crippen LogP contribution >= 0.6 is 0 Å². The molecule has 12 heteroatoms. The summed E-state index contributed by atoms with van der Waals surface area (Å²) in [5.74, 6) is -6.37. The second kappa shape index (κ2) is 12.8. The minimum absolute atomic E-state index is 0.0607. The van der Waals surface area contributed by atoms with Crippen LogP contribution in [0.5, 0.6) is 11.6 Å². The average molecular weight is 662 g/mol. The van der Waals surface area contributed by atoms with Crippen molar-refractivity contribution in [3.05, 3.63) is 29.6 Å². The van der Waals surface area contributed by atoms with Crippen molar-refractivity contribution in [2.24, 2.45) is 17.3 Å². The summed E-state index contributed by atoms with van der Waals surface area (Å²) in [6.45, 7) is 10.2. The topological polar surface area (TPSA) is 107 Å². The van der Waals surface area contributed by atoms with Crippen LogP contribution in [0, 0.1) is 23.1 Å². The standard InChI is InChI=1S/C35H46F3N3O6/c1-8-22-25-18-41(28(22)19(2)42)31(43)29(33(3,4)5)40-32(44)47-34(6)17-20(34)12-10-9-11-15-35(37,38)26-27(36)23-14-13-21(45-7)16-24(23)39-30(26)46-25/h13-14,16,20,22,25,28-29H,8-12,15,17-18H2,1-7H3,(H,40,44)/t20-,22?,25+,28-,29-,34-/m1/s1. The number of ether oxygens (including phenoxy) is 3. The van der Waals surface area contributed by atoms with Gasteiger partial charge in [0.15, 0.2) is 5.78 Å². The van der Waals surface area contributed by atoms with Gasteiger partial charge < -0.3 is 24.4 Å². The molecule has 9 nitrogen and oxygen atoms in total. The first-order valence-electron chi connectivity index (χ1n) is 16.5. The van der Waals surface area contributed by atoms with Crippen molar-refractivity contribution in [1.29, 1.82) is 0 Å². The number of alkyl carbamates (subject to hydrolysis) is 1. The number of hydrogen-bond donors (Lipinski definition) is 1. The molecule has 1 saturated heterocycles. The van der Waals surface area contributed by atoms with Crippen LogP contribution in [0.4, 0.5) is 18.0 Å². The zero-order valence-electron chi connectivity index (χ0n) is 28.3. The largest absolute Gasteiger partial charge is 0.497 e. The number of rotatable bonds is 3. The Bertz CT molecular complexity index is 1540. The van der Waals surface area contributed by atoms with Crippen molar-refractivity contribution in [3.63, 3.8) is 0 Å². The number of ketones is 1. The van der Waals surface area contributed by atoms with Gasteiger partial charge in [-0.25, -0.2) is 22.9 Å². The summed E-state index contributed by atoms with van der Waals surface area (Å²) in [5.41, 5.74) is -2.37. The van der Waals surface area contributed by atoms with Gasteiger partial charge in [0.05, 0.1) is 25.2 Å². The summed E-state index contributed by atoms with van der Waals surface area (Å²) in [7, 11) is 1.43. The predicted octanol–water partition coefficient (Wildman–Crippen LogP) is 6.93. The van der Waals surface area contributed by atoms with E-state index < -0.39 is 76.7 Å². The van der Waals surface area contributed by atoms with E-state index in [9.17, 15) is 14.4 Å². The van der Waals surface area contributed by atoms with Gasteiger partial charge in [-0.05, 0) is 57.1 Å². The van der Waals surface area contributed by atoms with Crippen molar-refractivity contribution in [2.75, 3.05) is 13.7 Å². The smallest absolute Gasteiger partial charge is 0.408 e. The number of pyridine rings is 1. The van der Waals surface area contributed by atoms with E-state index in [2.05, 4.69) is 10.3 Å². The van der Waals surface area contributed by atoms with Crippen molar-refractivity contribution in [3.8, 4) is 11.6 Å². The van der Waals surface area contributed by atoms with Gasteiger partial charge in [0.1, 0.15) is 34.9 Å². The van der Waals surface area contributed by atoms with E-state index in [1.54, 1.807) is 20.8 Å². The summed E-state index contributed by atoms with van der Waals surface area (Å²) in [5, 5.41) is 2.67. The molecule has 2 aromatic rings. The molecule has 2 bridgehead atoms. The summed E-state index contributed by atoms with van der Waals surface area (Å²) in [6.07, 6.45) is 0.562. The number of Topliss-reactive ketones (excluding diaryl/α,β-unsaturated/α-hetero) is 1. The number of carbonyl (C=O) groups excluding carboxylic acids is 3. The maximum Gasteiger partial charge on any atom is 0.408 e. The molecule has 1 aromatic carbocycles. The Morgan fingerprint density at radius 3 is 2.55 bits per heavy atom. The summed E-state index contributed by atoms with van der Waals surface area (Å²) >= 11 is 0. The molecule has 1 unspecified atom stereocenters. The Kier molecular flexibility index (Phi) is 9.47. The van der Waals surface area contributed by atoms with Gasteiger partial charge in [0.25, 0.3) is 5.92 Å². The molecule has 47 heavy (non-hydrogen) atoms. The Morgan fingerprint density at radius 1 is 1.19 bits per heavy atom. The normalized spacial score (nSPS) is 30.1. The van der Waals surface area contributed by atoms with E-state index in [1.165, 1.54) is 37.1 Å². The van der Waals surface area contributed by atoms with E-state index in [1.807, 2.05) is 13.8 Å². The van der Waals surface area contributed by atoms with Gasteiger partial charge >= 0.3 is 6.09 Å². The molecule has 0 radical (unpaired) electrons. The highest BCUT2D eigenvalue weighted by Crippen LogP contribution is 2.50. The Labute approximate surface area is 273 Å². The maximum absolute atomic E-state index is 16.2. The third kappa shape index (κ3) is 6.88. The lowest BCUT2D eigenvalue weighted by Crippen LogP contribution is -2.57. The van der Waals surface area contributed by atoms with Gasteiger partial charge in [-0.2, -0.15) is 0 Å². The predicted molar refractivity (Wildman–Crippen MR) is 169 cm³/mol. The van der Waals surface area contributed by atoms with E-state index in [0.29, 0.717) is 37.9 Å². The maximum atomic E-state index is 16.2. The summed E-state index contributed by atoms with van der Waals surface area (Å²) in [6, 6.07) is 2.24. The fourth-order valence-electron chi connectivity index (χ4n) is 7.27. The number of alkyl halides is 2. The molecule has 3 aliphatic rings. The number of benzene rings is 1. The molecule has 2 fully saturated rings. The Hall–Kier alpha value is -3.57. The Morgan fingerprint density at radius 2 is 1.91 bits per heavy atom. The lowest BCUT2D eigenvalue weighted by molar-refractivity contribution is -0.141. The molecule has 1 aliphatic carbocycles. The van der Waals surface area contributed by atoms with Gasteiger partial charge in [-0.3, -0.25) is 9.59 Å². The zero-order chi connectivity index (χ0) is 34.5. The molecular weight excluding hydrogens is 615 g/mol. The van der Waals surface area contributed by atoms with Crippen molar-refractivity contribution in [1.82, 2.24) is 15.2 Å². The summed E-state index contributed by atoms with van der Waals surface area (Å²) in [4.78, 5) is 46.3. The van der Waals surface area contributed by atoms with Crippen LogP contribution in [0.25, 0.3) is 10.9 Å². The molecular formula is C35H46F3N3O6. The van der Waals surface area contributed by atoms with E-state index in [0.717, 1.165) is 0 Å². The molecule has 6 atom stereocenters. The summed E-state index contributed by atoms with van der Waals surface area (Å²) < 4.78 is 65.7. The number of amides is 2. The van der Waals surface area contributed by atoms with Crippen LogP contribution < -0.4 is 14.8 Å². The first-order valence-corrected chi connectivity index (χ1v) is 16.5. The zero-order valence-corrected chi connectivity index (χ0v) is 28.3. The van der Waals surface area contributed by atoms with Gasteiger partial charge in [0.2, 0.25) is 11.8 Å². The molecule has 2 amide bonds. The number of nitrogens with zero attached hydrogens (tertiary/aromatic N) is 2. The number of fused-ring (bicyclic) bond motifs is 5. The first kappa shape index (κ1) is 34.8. The highest BCUT2D eigenvalue weighted by atomic mass is 19.3. The van der Waals surface area contributed by atoms with Crippen molar-refractivity contribution < 1.29 is 41.8 Å². The fourth-order valence-corrected chi connectivity index (χ4v) is 7.27. The van der Waals surface area contributed by atoms with Gasteiger partial charge in [-0.15, -0.1) is 0 Å². The van der Waals surface area contributed by atoms with Gasteiger partial charge in [-0.1, -0.05) is 40.5 Å². The quantitative estimate of drug-likeness (QED) is 0.380. The number of carbonyl (C=O) groups is 3. The van der Waals surface area contributed by atoms with Crippen LogP contribution in [0.3, 0.4) is 0 Å². The lowest BCUT2D eigenvalue weighted by Gasteiger charge is -2.35. The minimum atomic E-state index is -3.62. The second-order valence-corrected chi connectivity index (χ2v) is 14.6. The molecule has 1 N–H and O–H groups in total. The molecule has 1 aromatic heterocycles. The number of nitrogens with one attached hydrogen (secondary N) is 1. The molecule has 5 rings (SSSR count). The fraction of sp³-hybridized carbons (Fsp3) is 0.657. The number of methoxy groups -OCH3 is 1. The highest BCUT2D eigenvalue weighted by Gasteiger charge is 2.55. The van der Waals surface area contributed by atoms with Crippen molar-refractivity contribution >= 4 is 28.7 Å². The number of aromatic nitrogens is 1. The third-order valence-electron chi connectivity index (χ3n) is 10.1. The molecule has 1 saturated carbocycles. The monoisotopic (exact) mass is 661 g/mol. The highest BCUT2D eigenvalue weighted by molar-refractivity contribution is 5.92. The van der Waals surface area contributed by atoms with Gasteiger partial charge in [0, 0.05) is 29.7 Å². The van der Waals surface area contributed by atoms with Crippen molar-refractivity contribution in [2.45, 2.75) is 116 Å². The van der Waals surface area contributed by atoms with Crippen LogP contribution in [-0.2, 0) is 20.2 Å². The second-order valence-electron chi connectivity index (χ2n) is 14.6. The molecule has 0 spiro atoms. The van der Waals surface area contributed by atoms with Crippen LogP contribution in [0.1, 0.15) is 92.1 Å². The average Bonchev–Trinajstić information content (AvgIpc) is 3.45. The van der Waals surface area contributed by atoms with E-state index >= 15 is 13.2 Å². The lowest BCUT2D eigenvalue weighted by atomic mass is 9.85. The third-order valence-corrected chi connectivity index (χ3v) is 10.1.